The zero-order valence-electron chi connectivity index (χ0n) is 20.9. The minimum absolute atomic E-state index is 0.606. The van der Waals surface area contributed by atoms with Crippen molar-refractivity contribution in [3.8, 4) is 11.5 Å². The molecule has 0 radical (unpaired) electrons. The Balaban J connectivity index is 1.31. The lowest BCUT2D eigenvalue weighted by atomic mass is 10.1. The molecule has 0 spiro atoms. The van der Waals surface area contributed by atoms with Crippen molar-refractivity contribution in [3.05, 3.63) is 133 Å². The summed E-state index contributed by atoms with van der Waals surface area (Å²) in [6, 6.07) is 45.8. The smallest absolute Gasteiger partial charge is 0.227 e. The number of benzene rings is 6. The predicted molar refractivity (Wildman–Crippen MR) is 159 cm³/mol. The normalized spacial score (nSPS) is 11.6. The van der Waals surface area contributed by atoms with E-state index in [0.29, 0.717) is 5.89 Å². The number of para-hydroxylation sites is 1. The summed E-state index contributed by atoms with van der Waals surface area (Å²) in [7, 11) is 0. The van der Waals surface area contributed by atoms with Crippen LogP contribution in [0.2, 0.25) is 0 Å². The zero-order chi connectivity index (χ0) is 25.8. The van der Waals surface area contributed by atoms with Crippen LogP contribution in [0.4, 0.5) is 17.1 Å². The van der Waals surface area contributed by atoms with Crippen molar-refractivity contribution in [2.45, 2.75) is 0 Å². The Morgan fingerprint density at radius 2 is 1.15 bits per heavy atom. The molecule has 2 aromatic heterocycles. The second kappa shape index (κ2) is 8.61. The first-order valence-corrected chi connectivity index (χ1v) is 13.0. The van der Waals surface area contributed by atoms with Crippen LogP contribution >= 0.6 is 0 Å². The Morgan fingerprint density at radius 3 is 2.00 bits per heavy atom. The summed E-state index contributed by atoms with van der Waals surface area (Å²) in [5.41, 5.74) is 7.32. The highest BCUT2D eigenvalue weighted by atomic mass is 16.4. The second-order valence-electron chi connectivity index (χ2n) is 9.69. The van der Waals surface area contributed by atoms with Gasteiger partial charge in [0.15, 0.2) is 5.58 Å². The van der Waals surface area contributed by atoms with Gasteiger partial charge in [-0.1, -0.05) is 66.7 Å². The molecule has 0 unspecified atom stereocenters. The minimum atomic E-state index is 0.606. The van der Waals surface area contributed by atoms with E-state index in [2.05, 4.69) is 83.8 Å². The van der Waals surface area contributed by atoms with E-state index < -0.39 is 0 Å². The third-order valence-electron chi connectivity index (χ3n) is 7.25. The van der Waals surface area contributed by atoms with Crippen LogP contribution in [0.5, 0.6) is 0 Å². The lowest BCUT2D eigenvalue weighted by Gasteiger charge is -2.25. The molecule has 0 saturated heterocycles. The number of anilines is 3. The van der Waals surface area contributed by atoms with Crippen molar-refractivity contribution in [1.29, 1.82) is 0 Å². The summed E-state index contributed by atoms with van der Waals surface area (Å²) in [6.45, 7) is 0. The van der Waals surface area contributed by atoms with E-state index in [1.54, 1.807) is 0 Å². The molecule has 184 valence electrons. The van der Waals surface area contributed by atoms with Gasteiger partial charge in [-0.15, -0.1) is 0 Å². The number of hydrogen-bond donors (Lipinski definition) is 0. The van der Waals surface area contributed by atoms with Crippen molar-refractivity contribution in [2.24, 2.45) is 0 Å². The number of furan rings is 1. The third-order valence-corrected chi connectivity index (χ3v) is 7.25. The van der Waals surface area contributed by atoms with Gasteiger partial charge in [0.2, 0.25) is 5.89 Å². The maximum absolute atomic E-state index is 6.28. The van der Waals surface area contributed by atoms with Gasteiger partial charge in [0, 0.05) is 39.5 Å². The van der Waals surface area contributed by atoms with E-state index in [1.165, 1.54) is 10.8 Å². The fourth-order valence-corrected chi connectivity index (χ4v) is 5.37. The van der Waals surface area contributed by atoms with Gasteiger partial charge >= 0.3 is 0 Å². The van der Waals surface area contributed by atoms with Gasteiger partial charge in [-0.2, -0.15) is 0 Å². The maximum atomic E-state index is 6.28. The first kappa shape index (κ1) is 21.7. The van der Waals surface area contributed by atoms with Crippen LogP contribution < -0.4 is 4.90 Å². The Kier molecular flexibility index (Phi) is 4.79. The number of hydrogen-bond acceptors (Lipinski definition) is 4. The molecule has 39 heavy (non-hydrogen) atoms. The lowest BCUT2D eigenvalue weighted by Crippen LogP contribution is -2.09. The molecule has 4 heteroatoms. The van der Waals surface area contributed by atoms with Crippen LogP contribution in [-0.4, -0.2) is 4.98 Å². The van der Waals surface area contributed by atoms with Gasteiger partial charge in [-0.25, -0.2) is 4.98 Å². The molecule has 2 heterocycles. The van der Waals surface area contributed by atoms with Crippen LogP contribution in [0.3, 0.4) is 0 Å². The summed E-state index contributed by atoms with van der Waals surface area (Å²) < 4.78 is 12.5. The summed E-state index contributed by atoms with van der Waals surface area (Å²) in [4.78, 5) is 7.00. The van der Waals surface area contributed by atoms with E-state index in [0.717, 1.165) is 55.7 Å². The molecule has 0 aliphatic heterocycles. The van der Waals surface area contributed by atoms with E-state index in [1.807, 2.05) is 54.6 Å². The van der Waals surface area contributed by atoms with Crippen molar-refractivity contribution in [2.75, 3.05) is 4.90 Å². The minimum Gasteiger partial charge on any atom is -0.456 e. The number of oxazole rings is 1. The van der Waals surface area contributed by atoms with Gasteiger partial charge in [0.1, 0.15) is 16.7 Å². The van der Waals surface area contributed by atoms with E-state index >= 15 is 0 Å². The Bertz CT molecular complexity index is 2130. The molecule has 0 aliphatic rings. The summed E-state index contributed by atoms with van der Waals surface area (Å²) in [5.74, 6) is 0.606. The SMILES string of the molecule is c1ccc(-c2nc3cc4oc5ccc(N(c6ccccc6)c6ccc7ccccc7c6)cc5c4cc3o2)cc1. The number of aromatic nitrogens is 1. The van der Waals surface area contributed by atoms with Crippen LogP contribution in [0.1, 0.15) is 0 Å². The molecular formula is C35H22N2O2. The second-order valence-corrected chi connectivity index (χ2v) is 9.69. The predicted octanol–water partition coefficient (Wildman–Crippen LogP) is 10.0. The third kappa shape index (κ3) is 3.65. The molecule has 0 fully saturated rings. The lowest BCUT2D eigenvalue weighted by molar-refractivity contribution is 0.620. The van der Waals surface area contributed by atoms with Crippen LogP contribution in [-0.2, 0) is 0 Å². The molecule has 6 aromatic carbocycles. The topological polar surface area (TPSA) is 42.4 Å². The molecular weight excluding hydrogens is 480 g/mol. The molecule has 0 atom stereocenters. The number of rotatable bonds is 4. The highest BCUT2D eigenvalue weighted by Crippen LogP contribution is 2.40. The van der Waals surface area contributed by atoms with Gasteiger partial charge in [-0.05, 0) is 71.4 Å². The molecule has 4 nitrogen and oxygen atoms in total. The quantitative estimate of drug-likeness (QED) is 0.240. The van der Waals surface area contributed by atoms with E-state index in [4.69, 9.17) is 13.8 Å². The summed E-state index contributed by atoms with van der Waals surface area (Å²) >= 11 is 0. The molecule has 8 aromatic rings. The molecule has 0 N–H and O–H groups in total. The number of fused-ring (bicyclic) bond motifs is 5. The highest BCUT2D eigenvalue weighted by Gasteiger charge is 2.17. The maximum Gasteiger partial charge on any atom is 0.227 e. The van der Waals surface area contributed by atoms with Gasteiger partial charge in [-0.3, -0.25) is 0 Å². The molecule has 8 rings (SSSR count). The molecule has 0 aliphatic carbocycles. The monoisotopic (exact) mass is 502 g/mol. The molecule has 0 bridgehead atoms. The van der Waals surface area contributed by atoms with Crippen LogP contribution in [0.25, 0.3) is 55.3 Å². The Hall–Kier alpha value is -5.35. The average molecular weight is 503 g/mol. The summed E-state index contributed by atoms with van der Waals surface area (Å²) in [6.07, 6.45) is 0. The van der Waals surface area contributed by atoms with Gasteiger partial charge in [0.05, 0.1) is 0 Å². The molecule has 0 amide bonds. The number of nitrogens with zero attached hydrogens (tertiary/aromatic N) is 2. The first-order chi connectivity index (χ1) is 19.3. The van der Waals surface area contributed by atoms with Crippen molar-refractivity contribution in [3.63, 3.8) is 0 Å². The van der Waals surface area contributed by atoms with Gasteiger partial charge < -0.3 is 13.7 Å². The highest BCUT2D eigenvalue weighted by molar-refractivity contribution is 6.10. The zero-order valence-corrected chi connectivity index (χ0v) is 20.9. The van der Waals surface area contributed by atoms with Crippen molar-refractivity contribution in [1.82, 2.24) is 4.98 Å². The Morgan fingerprint density at radius 1 is 0.462 bits per heavy atom. The van der Waals surface area contributed by atoms with E-state index in [-0.39, 0.29) is 0 Å². The standard InChI is InChI=1S/C35H22N2O2/c1-3-10-24(11-4-1)35-36-31-22-33-30(21-34(31)39-35)29-20-28(17-18-32(29)38-33)37(26-13-5-2-6-14-26)27-16-15-23-9-7-8-12-25(23)19-27/h1-22H. The first-order valence-electron chi connectivity index (χ1n) is 13.0. The summed E-state index contributed by atoms with van der Waals surface area (Å²) in [5, 5.41) is 4.45. The fourth-order valence-electron chi connectivity index (χ4n) is 5.37. The van der Waals surface area contributed by atoms with Crippen molar-refractivity contribution < 1.29 is 8.83 Å². The van der Waals surface area contributed by atoms with Gasteiger partial charge in [0.25, 0.3) is 0 Å². The Labute approximate surface area is 224 Å². The largest absolute Gasteiger partial charge is 0.456 e. The van der Waals surface area contributed by atoms with Crippen LogP contribution in [0, 0.1) is 0 Å². The van der Waals surface area contributed by atoms with E-state index in [9.17, 15) is 0 Å². The fraction of sp³-hybridized carbons (Fsp3) is 0. The van der Waals surface area contributed by atoms with Crippen LogP contribution in [0.15, 0.2) is 142 Å². The average Bonchev–Trinajstić information content (AvgIpc) is 3.57. The van der Waals surface area contributed by atoms with Crippen molar-refractivity contribution >= 4 is 60.9 Å². The molecule has 0 saturated carbocycles.